The molecule has 2 aliphatic heterocycles. The van der Waals surface area contributed by atoms with Crippen molar-refractivity contribution >= 4 is 23.2 Å². The molecule has 7 nitrogen and oxygen atoms in total. The first-order valence-corrected chi connectivity index (χ1v) is 8.39. The van der Waals surface area contributed by atoms with Crippen LogP contribution < -0.4 is 15.5 Å². The molecule has 2 aliphatic rings. The minimum Gasteiger partial charge on any atom is -0.360 e. The number of carbonyl (C=O) groups excluding carboxylic acids is 2. The zero-order valence-electron chi connectivity index (χ0n) is 14.0. The molecule has 1 aromatic rings. The monoisotopic (exact) mass is 339 g/mol. The number of piperazine rings is 1. The average molecular weight is 339 g/mol. The summed E-state index contributed by atoms with van der Waals surface area (Å²) in [6.45, 7) is 1.79. The summed E-state index contributed by atoms with van der Waals surface area (Å²) in [4.78, 5) is 25.5. The van der Waals surface area contributed by atoms with Gasteiger partial charge in [-0.15, -0.1) is 12.3 Å². The highest BCUT2D eigenvalue weighted by Crippen LogP contribution is 2.37. The van der Waals surface area contributed by atoms with E-state index < -0.39 is 5.66 Å². The standard InChI is InChI=1S/C18H21N5O2/c1-2-3-9-18(21-22-18)10-8-16(24)20-14-4-6-15(7-5-14)23-12-11-19-17(25)13-23/h1,4-7H,3,8-13H2,(H,19,25)(H,20,24). The maximum Gasteiger partial charge on any atom is 0.239 e. The number of benzene rings is 1. The number of hydrogen-bond acceptors (Lipinski definition) is 5. The third kappa shape index (κ3) is 4.57. The van der Waals surface area contributed by atoms with Gasteiger partial charge in [0.1, 0.15) is 0 Å². The maximum absolute atomic E-state index is 12.1. The minimum atomic E-state index is -0.428. The van der Waals surface area contributed by atoms with Crippen LogP contribution in [-0.2, 0) is 9.59 Å². The number of nitrogens with one attached hydrogen (secondary N) is 2. The van der Waals surface area contributed by atoms with Crippen LogP contribution in [0.2, 0.25) is 0 Å². The van der Waals surface area contributed by atoms with Crippen molar-refractivity contribution < 1.29 is 9.59 Å². The molecule has 0 radical (unpaired) electrons. The summed E-state index contributed by atoms with van der Waals surface area (Å²) in [5.41, 5.74) is 1.27. The van der Waals surface area contributed by atoms with E-state index in [1.807, 2.05) is 29.2 Å². The molecule has 0 atom stereocenters. The van der Waals surface area contributed by atoms with E-state index in [9.17, 15) is 9.59 Å². The molecule has 0 aromatic heterocycles. The third-order valence-corrected chi connectivity index (χ3v) is 4.36. The van der Waals surface area contributed by atoms with Gasteiger partial charge in [0.25, 0.3) is 0 Å². The van der Waals surface area contributed by atoms with Crippen LogP contribution in [0.4, 0.5) is 11.4 Å². The van der Waals surface area contributed by atoms with Crippen molar-refractivity contribution in [3.05, 3.63) is 24.3 Å². The highest BCUT2D eigenvalue weighted by Gasteiger charge is 2.39. The van der Waals surface area contributed by atoms with Crippen molar-refractivity contribution in [3.63, 3.8) is 0 Å². The Morgan fingerprint density at radius 2 is 2.08 bits per heavy atom. The van der Waals surface area contributed by atoms with Gasteiger partial charge in [-0.25, -0.2) is 0 Å². The molecular weight excluding hydrogens is 318 g/mol. The van der Waals surface area contributed by atoms with Gasteiger partial charge in [0.2, 0.25) is 11.8 Å². The Hall–Kier alpha value is -2.88. The predicted molar refractivity (Wildman–Crippen MR) is 95.2 cm³/mol. The van der Waals surface area contributed by atoms with Crippen molar-refractivity contribution in [3.8, 4) is 12.3 Å². The van der Waals surface area contributed by atoms with Crippen molar-refractivity contribution in [2.24, 2.45) is 10.2 Å². The molecule has 0 unspecified atom stereocenters. The summed E-state index contributed by atoms with van der Waals surface area (Å²) in [5.74, 6) is 2.54. The summed E-state index contributed by atoms with van der Waals surface area (Å²) in [6.07, 6.45) is 7.51. The number of rotatable bonds is 7. The first-order chi connectivity index (χ1) is 12.1. The van der Waals surface area contributed by atoms with Gasteiger partial charge in [0, 0.05) is 50.1 Å². The fraction of sp³-hybridized carbons (Fsp3) is 0.444. The zero-order chi connectivity index (χ0) is 17.7. The van der Waals surface area contributed by atoms with Crippen LogP contribution in [0.15, 0.2) is 34.5 Å². The van der Waals surface area contributed by atoms with Gasteiger partial charge in [0.15, 0.2) is 5.66 Å². The maximum atomic E-state index is 12.1. The fourth-order valence-electron chi connectivity index (χ4n) is 2.82. The minimum absolute atomic E-state index is 0.0262. The van der Waals surface area contributed by atoms with Gasteiger partial charge < -0.3 is 15.5 Å². The van der Waals surface area contributed by atoms with Gasteiger partial charge >= 0.3 is 0 Å². The van der Waals surface area contributed by atoms with E-state index in [1.165, 1.54) is 0 Å². The number of nitrogens with zero attached hydrogens (tertiary/aromatic N) is 3. The Balaban J connectivity index is 1.47. The SMILES string of the molecule is C#CCCC1(CCC(=O)Nc2ccc(N3CCNC(=O)C3)cc2)N=N1. The third-order valence-electron chi connectivity index (χ3n) is 4.36. The summed E-state index contributed by atoms with van der Waals surface area (Å²) >= 11 is 0. The molecule has 0 spiro atoms. The molecule has 1 saturated heterocycles. The summed E-state index contributed by atoms with van der Waals surface area (Å²) in [6, 6.07) is 7.52. The summed E-state index contributed by atoms with van der Waals surface area (Å²) in [5, 5.41) is 13.7. The van der Waals surface area contributed by atoms with E-state index in [-0.39, 0.29) is 11.8 Å². The van der Waals surface area contributed by atoms with Gasteiger partial charge in [0.05, 0.1) is 6.54 Å². The molecule has 0 saturated carbocycles. The Morgan fingerprint density at radius 1 is 1.32 bits per heavy atom. The van der Waals surface area contributed by atoms with Crippen molar-refractivity contribution in [2.45, 2.75) is 31.3 Å². The smallest absolute Gasteiger partial charge is 0.239 e. The number of carbonyl (C=O) groups is 2. The normalized spacial score (nSPS) is 17.6. The topological polar surface area (TPSA) is 86.2 Å². The first kappa shape index (κ1) is 17.0. The molecule has 7 heteroatoms. The molecule has 0 bridgehead atoms. The molecule has 25 heavy (non-hydrogen) atoms. The van der Waals surface area contributed by atoms with Gasteiger partial charge in [-0.2, -0.15) is 10.2 Å². The Labute approximate surface area is 146 Å². The quantitative estimate of drug-likeness (QED) is 0.744. The molecule has 130 valence electrons. The van der Waals surface area contributed by atoms with E-state index in [2.05, 4.69) is 26.8 Å². The molecule has 1 aromatic carbocycles. The molecule has 3 rings (SSSR count). The van der Waals surface area contributed by atoms with Crippen LogP contribution in [0.1, 0.15) is 25.7 Å². The van der Waals surface area contributed by atoms with E-state index in [0.29, 0.717) is 38.8 Å². The number of amides is 2. The Morgan fingerprint density at radius 3 is 2.72 bits per heavy atom. The molecule has 2 heterocycles. The predicted octanol–water partition coefficient (Wildman–Crippen LogP) is 1.92. The highest BCUT2D eigenvalue weighted by molar-refractivity contribution is 5.91. The summed E-state index contributed by atoms with van der Waals surface area (Å²) in [7, 11) is 0. The van der Waals surface area contributed by atoms with Gasteiger partial charge in [-0.3, -0.25) is 9.59 Å². The molecule has 0 aliphatic carbocycles. The lowest BCUT2D eigenvalue weighted by Gasteiger charge is -2.28. The molecule has 1 fully saturated rings. The highest BCUT2D eigenvalue weighted by atomic mass is 16.2. The number of anilines is 2. The number of terminal acetylenes is 1. The molecule has 2 amide bonds. The lowest BCUT2D eigenvalue weighted by Crippen LogP contribution is -2.47. The van der Waals surface area contributed by atoms with E-state index in [1.54, 1.807) is 0 Å². The van der Waals surface area contributed by atoms with Crippen LogP contribution in [0, 0.1) is 12.3 Å². The van der Waals surface area contributed by atoms with Crippen LogP contribution in [-0.4, -0.2) is 37.1 Å². The molecular formula is C18H21N5O2. The lowest BCUT2D eigenvalue weighted by molar-refractivity contribution is -0.120. The van der Waals surface area contributed by atoms with E-state index >= 15 is 0 Å². The average Bonchev–Trinajstić information content (AvgIpc) is 3.39. The van der Waals surface area contributed by atoms with Crippen LogP contribution in [0.3, 0.4) is 0 Å². The summed E-state index contributed by atoms with van der Waals surface area (Å²) < 4.78 is 0. The van der Waals surface area contributed by atoms with Crippen molar-refractivity contribution in [2.75, 3.05) is 29.9 Å². The first-order valence-electron chi connectivity index (χ1n) is 8.39. The van der Waals surface area contributed by atoms with Crippen molar-refractivity contribution in [1.82, 2.24) is 5.32 Å². The molecule has 2 N–H and O–H groups in total. The Bertz CT molecular complexity index is 714. The van der Waals surface area contributed by atoms with Gasteiger partial charge in [-0.05, 0) is 24.3 Å². The largest absolute Gasteiger partial charge is 0.360 e. The van der Waals surface area contributed by atoms with Crippen LogP contribution in [0.5, 0.6) is 0 Å². The Kier molecular flexibility index (Phi) is 4.98. The second-order valence-electron chi connectivity index (χ2n) is 6.25. The van der Waals surface area contributed by atoms with Crippen molar-refractivity contribution in [1.29, 1.82) is 0 Å². The lowest BCUT2D eigenvalue weighted by atomic mass is 10.0. The second kappa shape index (κ2) is 7.34. The fourth-order valence-corrected chi connectivity index (χ4v) is 2.82. The zero-order valence-corrected chi connectivity index (χ0v) is 14.0. The van der Waals surface area contributed by atoms with Crippen LogP contribution >= 0.6 is 0 Å². The van der Waals surface area contributed by atoms with E-state index in [4.69, 9.17) is 6.42 Å². The number of hydrogen-bond donors (Lipinski definition) is 2. The van der Waals surface area contributed by atoms with Gasteiger partial charge in [-0.1, -0.05) is 0 Å². The second-order valence-corrected chi connectivity index (χ2v) is 6.25. The van der Waals surface area contributed by atoms with Crippen LogP contribution in [0.25, 0.3) is 0 Å². The van der Waals surface area contributed by atoms with E-state index in [0.717, 1.165) is 17.9 Å².